The van der Waals surface area contributed by atoms with Gasteiger partial charge in [-0.1, -0.05) is 41.1 Å². The van der Waals surface area contributed by atoms with Crippen molar-refractivity contribution in [2.75, 3.05) is 11.0 Å². The highest BCUT2D eigenvalue weighted by molar-refractivity contribution is 14.1. The molecule has 0 heterocycles. The van der Waals surface area contributed by atoms with Gasteiger partial charge in [-0.2, -0.15) is 8.78 Å². The molecule has 1 rings (SSSR count). The van der Waals surface area contributed by atoms with Crippen molar-refractivity contribution < 1.29 is 18.3 Å². The number of carbonyl (C=O) groups excluding carboxylic acids is 1. The lowest BCUT2D eigenvalue weighted by Gasteiger charge is -2.10. The average molecular weight is 383 g/mol. The molecule has 1 aromatic carbocycles. The Balaban J connectivity index is 2.51. The lowest BCUT2D eigenvalue weighted by Crippen LogP contribution is -2.25. The SMILES string of the molecule is O=C(NCCCCCI)c1ccccc1OC(F)F. The van der Waals surface area contributed by atoms with Crippen LogP contribution in [0, 0.1) is 0 Å². The number of benzene rings is 1. The third-order valence-corrected chi connectivity index (χ3v) is 3.21. The summed E-state index contributed by atoms with van der Waals surface area (Å²) in [6.45, 7) is -2.39. The van der Waals surface area contributed by atoms with Gasteiger partial charge in [0.1, 0.15) is 5.75 Å². The third kappa shape index (κ3) is 6.17. The van der Waals surface area contributed by atoms with Gasteiger partial charge in [0.05, 0.1) is 5.56 Å². The molecule has 0 spiro atoms. The van der Waals surface area contributed by atoms with Crippen LogP contribution in [0.2, 0.25) is 0 Å². The number of rotatable bonds is 8. The topological polar surface area (TPSA) is 38.3 Å². The van der Waals surface area contributed by atoms with Crippen LogP contribution < -0.4 is 10.1 Å². The second-order valence-electron chi connectivity index (χ2n) is 3.88. The van der Waals surface area contributed by atoms with E-state index in [1.165, 1.54) is 12.1 Å². The van der Waals surface area contributed by atoms with E-state index >= 15 is 0 Å². The molecule has 1 amide bonds. The summed E-state index contributed by atoms with van der Waals surface area (Å²) in [5, 5.41) is 2.71. The number of ether oxygens (including phenoxy) is 1. The number of unbranched alkanes of at least 4 members (excludes halogenated alkanes) is 2. The van der Waals surface area contributed by atoms with Crippen LogP contribution in [0.15, 0.2) is 24.3 Å². The minimum atomic E-state index is -2.93. The van der Waals surface area contributed by atoms with Gasteiger partial charge in [-0.3, -0.25) is 4.79 Å². The smallest absolute Gasteiger partial charge is 0.387 e. The van der Waals surface area contributed by atoms with Crippen molar-refractivity contribution in [2.24, 2.45) is 0 Å². The summed E-state index contributed by atoms with van der Waals surface area (Å²) in [6, 6.07) is 5.99. The molecule has 0 saturated heterocycles. The molecule has 0 radical (unpaired) electrons. The van der Waals surface area contributed by atoms with E-state index in [1.54, 1.807) is 12.1 Å². The maximum atomic E-state index is 12.2. The first-order chi connectivity index (χ1) is 9.15. The Hall–Kier alpha value is -0.920. The average Bonchev–Trinajstić information content (AvgIpc) is 2.38. The van der Waals surface area contributed by atoms with Gasteiger partial charge in [0.25, 0.3) is 5.91 Å². The monoisotopic (exact) mass is 383 g/mol. The minimum absolute atomic E-state index is 0.0951. The van der Waals surface area contributed by atoms with Gasteiger partial charge >= 0.3 is 6.61 Å². The van der Waals surface area contributed by atoms with Crippen LogP contribution in [-0.4, -0.2) is 23.5 Å². The second kappa shape index (κ2) is 9.06. The summed E-state index contributed by atoms with van der Waals surface area (Å²) in [5.74, 6) is -0.479. The number of para-hydroxylation sites is 1. The highest BCUT2D eigenvalue weighted by Crippen LogP contribution is 2.19. The zero-order chi connectivity index (χ0) is 14.1. The Labute approximate surface area is 124 Å². The molecular formula is C13H16F2INO2. The Morgan fingerprint density at radius 1 is 1.26 bits per heavy atom. The Bertz CT molecular complexity index is 402. The van der Waals surface area contributed by atoms with Crippen LogP contribution in [0.3, 0.4) is 0 Å². The number of halogens is 3. The number of carbonyl (C=O) groups is 1. The molecule has 0 fully saturated rings. The van der Waals surface area contributed by atoms with E-state index in [0.717, 1.165) is 23.7 Å². The maximum Gasteiger partial charge on any atom is 0.387 e. The fourth-order valence-corrected chi connectivity index (χ4v) is 2.09. The molecular weight excluding hydrogens is 367 g/mol. The number of hydrogen-bond acceptors (Lipinski definition) is 2. The van der Waals surface area contributed by atoms with Crippen LogP contribution >= 0.6 is 22.6 Å². The predicted molar refractivity (Wildman–Crippen MR) is 78.1 cm³/mol. The number of hydrogen-bond donors (Lipinski definition) is 1. The summed E-state index contributed by atoms with van der Waals surface area (Å²) in [7, 11) is 0. The largest absolute Gasteiger partial charge is 0.434 e. The quantitative estimate of drug-likeness (QED) is 0.423. The number of alkyl halides is 3. The summed E-state index contributed by atoms with van der Waals surface area (Å²) in [5.41, 5.74) is 0.136. The maximum absolute atomic E-state index is 12.2. The highest BCUT2D eigenvalue weighted by atomic mass is 127. The van der Waals surface area contributed by atoms with Crippen LogP contribution in [0.1, 0.15) is 29.6 Å². The van der Waals surface area contributed by atoms with E-state index in [9.17, 15) is 13.6 Å². The summed E-state index contributed by atoms with van der Waals surface area (Å²) >= 11 is 2.30. The van der Waals surface area contributed by atoms with E-state index < -0.39 is 6.61 Å². The molecule has 106 valence electrons. The fourth-order valence-electron chi connectivity index (χ4n) is 1.55. The van der Waals surface area contributed by atoms with Gasteiger partial charge in [-0.15, -0.1) is 0 Å². The molecule has 0 aliphatic heterocycles. The molecule has 0 unspecified atom stereocenters. The lowest BCUT2D eigenvalue weighted by molar-refractivity contribution is -0.0501. The first-order valence-corrected chi connectivity index (χ1v) is 7.55. The summed E-state index contributed by atoms with van der Waals surface area (Å²) in [6.07, 6.45) is 3.03. The molecule has 0 aliphatic rings. The van der Waals surface area contributed by atoms with Crippen molar-refractivity contribution in [3.8, 4) is 5.75 Å². The molecule has 0 aromatic heterocycles. The normalized spacial score (nSPS) is 10.5. The van der Waals surface area contributed by atoms with Crippen LogP contribution in [0.5, 0.6) is 5.75 Å². The molecule has 6 heteroatoms. The predicted octanol–water partition coefficient (Wildman–Crippen LogP) is 3.62. The summed E-state index contributed by atoms with van der Waals surface area (Å²) < 4.78 is 29.8. The second-order valence-corrected chi connectivity index (χ2v) is 4.96. The van der Waals surface area contributed by atoms with Gasteiger partial charge in [0, 0.05) is 6.54 Å². The van der Waals surface area contributed by atoms with Gasteiger partial charge < -0.3 is 10.1 Å². The van der Waals surface area contributed by atoms with Crippen LogP contribution in [0.4, 0.5) is 8.78 Å². The molecule has 0 atom stereocenters. The van der Waals surface area contributed by atoms with Gasteiger partial charge in [-0.25, -0.2) is 0 Å². The Morgan fingerprint density at radius 3 is 2.68 bits per heavy atom. The van der Waals surface area contributed by atoms with E-state index in [1.807, 2.05) is 0 Å². The molecule has 19 heavy (non-hydrogen) atoms. The van der Waals surface area contributed by atoms with Crippen molar-refractivity contribution in [1.82, 2.24) is 5.32 Å². The Morgan fingerprint density at radius 2 is 2.00 bits per heavy atom. The van der Waals surface area contributed by atoms with E-state index in [4.69, 9.17) is 0 Å². The first-order valence-electron chi connectivity index (χ1n) is 6.03. The zero-order valence-electron chi connectivity index (χ0n) is 10.4. The van der Waals surface area contributed by atoms with Crippen molar-refractivity contribution in [2.45, 2.75) is 25.9 Å². The number of amides is 1. The molecule has 3 nitrogen and oxygen atoms in total. The van der Waals surface area contributed by atoms with E-state index in [2.05, 4.69) is 32.6 Å². The van der Waals surface area contributed by atoms with Crippen molar-refractivity contribution in [1.29, 1.82) is 0 Å². The Kier molecular flexibility index (Phi) is 7.69. The molecule has 1 aromatic rings. The number of nitrogens with one attached hydrogen (secondary N) is 1. The molecule has 1 N–H and O–H groups in total. The van der Waals surface area contributed by atoms with Crippen LogP contribution in [0.25, 0.3) is 0 Å². The fraction of sp³-hybridized carbons (Fsp3) is 0.462. The first kappa shape index (κ1) is 16.1. The van der Waals surface area contributed by atoms with Crippen molar-refractivity contribution in [3.05, 3.63) is 29.8 Å². The highest BCUT2D eigenvalue weighted by Gasteiger charge is 2.14. The van der Waals surface area contributed by atoms with Crippen molar-refractivity contribution >= 4 is 28.5 Å². The molecule has 0 saturated carbocycles. The summed E-state index contributed by atoms with van der Waals surface area (Å²) in [4.78, 5) is 11.8. The molecule has 0 bridgehead atoms. The lowest BCUT2D eigenvalue weighted by atomic mass is 10.2. The van der Waals surface area contributed by atoms with Crippen molar-refractivity contribution in [3.63, 3.8) is 0 Å². The van der Waals surface area contributed by atoms with Crippen LogP contribution in [-0.2, 0) is 0 Å². The van der Waals surface area contributed by atoms with E-state index in [-0.39, 0.29) is 17.2 Å². The minimum Gasteiger partial charge on any atom is -0.434 e. The third-order valence-electron chi connectivity index (χ3n) is 2.44. The van der Waals surface area contributed by atoms with Gasteiger partial charge in [0.2, 0.25) is 0 Å². The zero-order valence-corrected chi connectivity index (χ0v) is 12.5. The van der Waals surface area contributed by atoms with Gasteiger partial charge in [0.15, 0.2) is 0 Å². The molecule has 0 aliphatic carbocycles. The van der Waals surface area contributed by atoms with E-state index in [0.29, 0.717) is 6.54 Å². The standard InChI is InChI=1S/C13H16F2INO2/c14-13(15)19-11-7-3-2-6-10(11)12(18)17-9-5-1-4-8-16/h2-3,6-7,13H,1,4-5,8-9H2,(H,17,18). The van der Waals surface area contributed by atoms with Gasteiger partial charge in [-0.05, 0) is 29.4 Å².